The summed E-state index contributed by atoms with van der Waals surface area (Å²) in [4.78, 5) is 19.3. The lowest BCUT2D eigenvalue weighted by molar-refractivity contribution is -0.111. The van der Waals surface area contributed by atoms with E-state index in [0.29, 0.717) is 11.7 Å². The fourth-order valence-electron chi connectivity index (χ4n) is 1.07. The number of aryl methyl sites for hydroxylation is 1. The van der Waals surface area contributed by atoms with Crippen LogP contribution >= 0.6 is 19.6 Å². The Bertz CT molecular complexity index is 365. The highest BCUT2D eigenvalue weighted by atomic mass is 35.5. The Hall–Kier alpha value is -0.760. The van der Waals surface area contributed by atoms with Crippen LogP contribution in [0, 0.1) is 0 Å². The molecule has 3 nitrogen and oxygen atoms in total. The van der Waals surface area contributed by atoms with Crippen LogP contribution in [0.5, 0.6) is 0 Å². The first-order valence-corrected chi connectivity index (χ1v) is 5.62. The van der Waals surface area contributed by atoms with Crippen molar-refractivity contribution in [3.63, 3.8) is 0 Å². The maximum Gasteiger partial charge on any atom is 0.546 e. The zero-order valence-corrected chi connectivity index (χ0v) is 8.96. The highest BCUT2D eigenvalue weighted by molar-refractivity contribution is 7.47. The summed E-state index contributed by atoms with van der Waals surface area (Å²) < 4.78 is 10.7. The first-order chi connectivity index (χ1) is 6.59. The van der Waals surface area contributed by atoms with E-state index in [0.717, 1.165) is 5.56 Å². The summed E-state index contributed by atoms with van der Waals surface area (Å²) in [7, 11) is -2.31. The van der Waals surface area contributed by atoms with Crippen LogP contribution in [0.4, 0.5) is 0 Å². The molecule has 0 saturated carbocycles. The molecule has 1 unspecified atom stereocenters. The van der Waals surface area contributed by atoms with Gasteiger partial charge in [0.05, 0.1) is 0 Å². The Balaban J connectivity index is 2.73. The van der Waals surface area contributed by atoms with Gasteiger partial charge in [0.25, 0.3) is 0 Å². The summed E-state index contributed by atoms with van der Waals surface area (Å²) in [5, 5.41) is -0.0247. The average molecular weight is 232 g/mol. The molecule has 1 atom stereocenters. The fourth-order valence-corrected chi connectivity index (χ4v) is 1.66. The second-order valence-electron chi connectivity index (χ2n) is 2.80. The van der Waals surface area contributed by atoms with E-state index in [2.05, 4.69) is 0 Å². The molecule has 5 heteroatoms. The van der Waals surface area contributed by atoms with Crippen molar-refractivity contribution in [2.45, 2.75) is 12.8 Å². The smallest absolute Gasteiger partial charge is 0.281 e. The van der Waals surface area contributed by atoms with Gasteiger partial charge in [-0.3, -0.25) is 4.79 Å². The van der Waals surface area contributed by atoms with E-state index < -0.39 is 13.3 Å². The molecule has 1 aromatic carbocycles. The third-order valence-electron chi connectivity index (χ3n) is 1.74. The molecule has 0 aliphatic heterocycles. The maximum absolute atomic E-state index is 10.7. The molecule has 1 rings (SSSR count). The molecule has 1 aromatic rings. The molecular formula is C9H9ClO3P+. The molecule has 0 fully saturated rings. The zero-order chi connectivity index (χ0) is 10.6. The topological polar surface area (TPSA) is 54.4 Å². The molecule has 74 valence electrons. The van der Waals surface area contributed by atoms with E-state index >= 15 is 0 Å². The second kappa shape index (κ2) is 5.20. The first kappa shape index (κ1) is 11.3. The molecule has 0 spiro atoms. The first-order valence-electron chi connectivity index (χ1n) is 4.03. The van der Waals surface area contributed by atoms with Crippen molar-refractivity contribution in [3.8, 4) is 0 Å². The molecule has 1 N–H and O–H groups in total. The van der Waals surface area contributed by atoms with Gasteiger partial charge in [-0.05, 0) is 40.3 Å². The van der Waals surface area contributed by atoms with Gasteiger partial charge in [-0.15, -0.1) is 0 Å². The van der Waals surface area contributed by atoms with Crippen LogP contribution < -0.4 is 5.30 Å². The summed E-state index contributed by atoms with van der Waals surface area (Å²) in [5.74, 6) is 0. The Morgan fingerprint density at radius 3 is 2.79 bits per heavy atom. The van der Waals surface area contributed by atoms with Crippen molar-refractivity contribution in [1.29, 1.82) is 0 Å². The van der Waals surface area contributed by atoms with Gasteiger partial charge in [0.15, 0.2) is 0 Å². The lowest BCUT2D eigenvalue weighted by atomic mass is 10.1. The number of hydrogen-bond acceptors (Lipinski definition) is 2. The predicted octanol–water partition coefficient (Wildman–Crippen LogP) is 1.74. The molecule has 0 amide bonds. The SMILES string of the molecule is O=C(Cl)CCc1cccc([P+](=O)O)c1. The summed E-state index contributed by atoms with van der Waals surface area (Å²) >= 11 is 5.18. The van der Waals surface area contributed by atoms with Gasteiger partial charge in [-0.1, -0.05) is 12.1 Å². The third-order valence-corrected chi connectivity index (χ3v) is 2.65. The van der Waals surface area contributed by atoms with Crippen molar-refractivity contribution >= 4 is 30.2 Å². The van der Waals surface area contributed by atoms with Crippen LogP contribution in [0.15, 0.2) is 24.3 Å². The lowest BCUT2D eigenvalue weighted by Gasteiger charge is -1.96. The number of benzene rings is 1. The van der Waals surface area contributed by atoms with Gasteiger partial charge in [-0.25, -0.2) is 0 Å². The summed E-state index contributed by atoms with van der Waals surface area (Å²) in [6, 6.07) is 6.66. The molecule has 0 aliphatic rings. The van der Waals surface area contributed by atoms with E-state index in [9.17, 15) is 9.36 Å². The quantitative estimate of drug-likeness (QED) is 0.634. The zero-order valence-electron chi connectivity index (χ0n) is 7.31. The monoisotopic (exact) mass is 231 g/mol. The normalized spacial score (nSPS) is 11.1. The average Bonchev–Trinajstić information content (AvgIpc) is 2.15. The van der Waals surface area contributed by atoms with Crippen molar-refractivity contribution in [2.75, 3.05) is 0 Å². The van der Waals surface area contributed by atoms with Crippen LogP contribution in [-0.4, -0.2) is 10.1 Å². The number of carbonyl (C=O) groups excluding carboxylic acids is 1. The van der Waals surface area contributed by atoms with Crippen LogP contribution in [-0.2, 0) is 15.8 Å². The molecule has 14 heavy (non-hydrogen) atoms. The third kappa shape index (κ3) is 3.54. The summed E-state index contributed by atoms with van der Waals surface area (Å²) in [6.45, 7) is 0. The van der Waals surface area contributed by atoms with Crippen LogP contribution in [0.2, 0.25) is 0 Å². The number of rotatable bonds is 4. The van der Waals surface area contributed by atoms with E-state index in [1.54, 1.807) is 24.3 Å². The van der Waals surface area contributed by atoms with Crippen molar-refractivity contribution in [2.24, 2.45) is 0 Å². The lowest BCUT2D eigenvalue weighted by Crippen LogP contribution is -1.99. The van der Waals surface area contributed by atoms with Gasteiger partial charge in [0.1, 0.15) is 0 Å². The second-order valence-corrected chi connectivity index (χ2v) is 4.28. The largest absolute Gasteiger partial charge is 0.546 e. The van der Waals surface area contributed by atoms with E-state index in [1.807, 2.05) is 0 Å². The van der Waals surface area contributed by atoms with Gasteiger partial charge in [0, 0.05) is 6.42 Å². The summed E-state index contributed by atoms with van der Waals surface area (Å²) in [6.07, 6.45) is 0.743. The molecule has 0 aliphatic carbocycles. The fraction of sp³-hybridized carbons (Fsp3) is 0.222. The molecule has 0 bridgehead atoms. The Kier molecular flexibility index (Phi) is 4.21. The van der Waals surface area contributed by atoms with Crippen molar-refractivity contribution in [1.82, 2.24) is 0 Å². The summed E-state index contributed by atoms with van der Waals surface area (Å²) in [5.41, 5.74) is 0.842. The number of carbonyl (C=O) groups is 1. The van der Waals surface area contributed by atoms with Gasteiger partial charge in [-0.2, -0.15) is 4.89 Å². The van der Waals surface area contributed by atoms with Crippen molar-refractivity contribution in [3.05, 3.63) is 29.8 Å². The van der Waals surface area contributed by atoms with Gasteiger partial charge in [0.2, 0.25) is 10.5 Å². The molecule has 0 radical (unpaired) electrons. The minimum atomic E-state index is -2.31. The highest BCUT2D eigenvalue weighted by Crippen LogP contribution is 2.14. The highest BCUT2D eigenvalue weighted by Gasteiger charge is 2.15. The molecule has 0 heterocycles. The molecule has 0 saturated heterocycles. The van der Waals surface area contributed by atoms with Gasteiger partial charge < -0.3 is 0 Å². The minimum Gasteiger partial charge on any atom is -0.281 e. The Labute approximate surface area is 87.6 Å². The number of halogens is 1. The van der Waals surface area contributed by atoms with Crippen LogP contribution in [0.1, 0.15) is 12.0 Å². The van der Waals surface area contributed by atoms with E-state index in [-0.39, 0.29) is 6.42 Å². The predicted molar refractivity (Wildman–Crippen MR) is 55.1 cm³/mol. The molecule has 0 aromatic heterocycles. The van der Waals surface area contributed by atoms with Crippen LogP contribution in [0.3, 0.4) is 0 Å². The van der Waals surface area contributed by atoms with E-state index in [1.165, 1.54) is 0 Å². The Morgan fingerprint density at radius 2 is 2.21 bits per heavy atom. The molecular weight excluding hydrogens is 223 g/mol. The van der Waals surface area contributed by atoms with Crippen LogP contribution in [0.25, 0.3) is 0 Å². The number of hydrogen-bond donors (Lipinski definition) is 1. The van der Waals surface area contributed by atoms with Gasteiger partial charge >= 0.3 is 8.03 Å². The standard InChI is InChI=1S/C9H8ClO3P/c10-9(11)5-4-7-2-1-3-8(6-7)14(12)13/h1-3,6H,4-5H2/p+1. The maximum atomic E-state index is 10.7. The van der Waals surface area contributed by atoms with E-state index in [4.69, 9.17) is 16.5 Å². The Morgan fingerprint density at radius 1 is 1.50 bits per heavy atom. The van der Waals surface area contributed by atoms with Crippen molar-refractivity contribution < 1.29 is 14.3 Å². The minimum absolute atomic E-state index is 0.243.